The normalized spacial score (nSPS) is 12.6. The monoisotopic (exact) mass is 275 g/mol. The van der Waals surface area contributed by atoms with Gasteiger partial charge < -0.3 is 9.55 Å². The van der Waals surface area contributed by atoms with Crippen molar-refractivity contribution >= 4 is 11.0 Å². The summed E-state index contributed by atoms with van der Waals surface area (Å²) in [7, 11) is 0. The van der Waals surface area contributed by atoms with Gasteiger partial charge >= 0.3 is 0 Å². The minimum absolute atomic E-state index is 0.0499. The van der Waals surface area contributed by atoms with Crippen LogP contribution in [0.5, 0.6) is 0 Å². The zero-order chi connectivity index (χ0) is 14.1. The van der Waals surface area contributed by atoms with Crippen LogP contribution in [-0.2, 0) is 0 Å². The number of hydrogen-bond donors (Lipinski definition) is 1. The van der Waals surface area contributed by atoms with E-state index in [0.29, 0.717) is 0 Å². The highest BCUT2D eigenvalue weighted by molar-refractivity contribution is 5.75. The summed E-state index contributed by atoms with van der Waals surface area (Å²) >= 11 is 0. The average molecular weight is 275 g/mol. The van der Waals surface area contributed by atoms with Crippen LogP contribution in [0.2, 0.25) is 0 Å². The van der Waals surface area contributed by atoms with E-state index in [2.05, 4.69) is 42.7 Å². The quantitative estimate of drug-likeness (QED) is 0.625. The molecule has 1 unspecified atom stereocenters. The Balaban J connectivity index is 1.89. The molecule has 0 aliphatic carbocycles. The molecule has 5 nitrogen and oxygen atoms in total. The van der Waals surface area contributed by atoms with Crippen LogP contribution in [0.25, 0.3) is 11.0 Å². The Kier molecular flexibility index (Phi) is 2.74. The molecule has 1 N–H and O–H groups in total. The van der Waals surface area contributed by atoms with Crippen molar-refractivity contribution in [2.75, 3.05) is 0 Å². The van der Waals surface area contributed by atoms with Crippen LogP contribution in [-0.4, -0.2) is 24.5 Å². The lowest BCUT2D eigenvalue weighted by Crippen LogP contribution is -2.10. The van der Waals surface area contributed by atoms with Gasteiger partial charge in [0.15, 0.2) is 0 Å². The van der Waals surface area contributed by atoms with Crippen LogP contribution in [0, 0.1) is 0 Å². The SMILES string of the molecule is c1cncc(C(c2ccc3nc[nH]c3c2)n2ccnc2)c1. The van der Waals surface area contributed by atoms with Crippen molar-refractivity contribution in [1.82, 2.24) is 24.5 Å². The summed E-state index contributed by atoms with van der Waals surface area (Å²) in [6, 6.07) is 10.3. The number of aromatic amines is 1. The first-order valence-corrected chi connectivity index (χ1v) is 6.72. The molecule has 3 aromatic heterocycles. The van der Waals surface area contributed by atoms with Gasteiger partial charge in [-0.1, -0.05) is 12.1 Å². The molecule has 21 heavy (non-hydrogen) atoms. The molecule has 0 spiro atoms. The van der Waals surface area contributed by atoms with Crippen molar-refractivity contribution < 1.29 is 0 Å². The second kappa shape index (κ2) is 4.86. The number of imidazole rings is 2. The van der Waals surface area contributed by atoms with Gasteiger partial charge in [0.1, 0.15) is 0 Å². The van der Waals surface area contributed by atoms with E-state index in [4.69, 9.17) is 0 Å². The molecule has 0 bridgehead atoms. The number of hydrogen-bond acceptors (Lipinski definition) is 3. The Morgan fingerprint density at radius 2 is 2.05 bits per heavy atom. The van der Waals surface area contributed by atoms with E-state index >= 15 is 0 Å². The van der Waals surface area contributed by atoms with Gasteiger partial charge in [0.25, 0.3) is 0 Å². The fraction of sp³-hybridized carbons (Fsp3) is 0.0625. The summed E-state index contributed by atoms with van der Waals surface area (Å²) in [5, 5.41) is 0. The minimum atomic E-state index is 0.0499. The second-order valence-electron chi connectivity index (χ2n) is 4.88. The molecule has 3 heterocycles. The number of nitrogens with zero attached hydrogens (tertiary/aromatic N) is 4. The van der Waals surface area contributed by atoms with Gasteiger partial charge in [-0.3, -0.25) is 4.98 Å². The highest BCUT2D eigenvalue weighted by Gasteiger charge is 2.16. The minimum Gasteiger partial charge on any atom is -0.345 e. The number of H-pyrrole nitrogens is 1. The summed E-state index contributed by atoms with van der Waals surface area (Å²) in [6.07, 6.45) is 11.0. The molecule has 4 rings (SSSR count). The van der Waals surface area contributed by atoms with Crippen molar-refractivity contribution in [2.45, 2.75) is 6.04 Å². The Morgan fingerprint density at radius 1 is 1.05 bits per heavy atom. The Labute approximate surface area is 121 Å². The zero-order valence-corrected chi connectivity index (χ0v) is 11.2. The summed E-state index contributed by atoms with van der Waals surface area (Å²) < 4.78 is 2.08. The molecule has 0 saturated heterocycles. The van der Waals surface area contributed by atoms with Gasteiger partial charge in [0.2, 0.25) is 0 Å². The van der Waals surface area contributed by atoms with Crippen molar-refractivity contribution in [1.29, 1.82) is 0 Å². The fourth-order valence-electron chi connectivity index (χ4n) is 2.62. The van der Waals surface area contributed by atoms with E-state index in [0.717, 1.165) is 22.2 Å². The van der Waals surface area contributed by atoms with E-state index < -0.39 is 0 Å². The number of fused-ring (bicyclic) bond motifs is 1. The van der Waals surface area contributed by atoms with Crippen LogP contribution >= 0.6 is 0 Å². The number of benzene rings is 1. The maximum absolute atomic E-state index is 4.27. The molecule has 0 radical (unpaired) electrons. The van der Waals surface area contributed by atoms with E-state index in [-0.39, 0.29) is 6.04 Å². The van der Waals surface area contributed by atoms with Crippen LogP contribution in [0.1, 0.15) is 17.2 Å². The Morgan fingerprint density at radius 3 is 2.86 bits per heavy atom. The summed E-state index contributed by atoms with van der Waals surface area (Å²) in [6.45, 7) is 0. The van der Waals surface area contributed by atoms with Crippen LogP contribution < -0.4 is 0 Å². The Hall–Kier alpha value is -2.95. The average Bonchev–Trinajstić information content (AvgIpc) is 3.19. The first-order valence-electron chi connectivity index (χ1n) is 6.72. The molecular formula is C16H13N5. The first-order chi connectivity index (χ1) is 10.4. The lowest BCUT2D eigenvalue weighted by atomic mass is 9.99. The number of nitrogens with one attached hydrogen (secondary N) is 1. The van der Waals surface area contributed by atoms with Crippen LogP contribution in [0.3, 0.4) is 0 Å². The molecule has 5 heteroatoms. The van der Waals surface area contributed by atoms with E-state index in [9.17, 15) is 0 Å². The summed E-state index contributed by atoms with van der Waals surface area (Å²) in [4.78, 5) is 15.8. The second-order valence-corrected chi connectivity index (χ2v) is 4.88. The van der Waals surface area contributed by atoms with Crippen molar-refractivity contribution in [3.63, 3.8) is 0 Å². The highest BCUT2D eigenvalue weighted by atomic mass is 15.1. The topological polar surface area (TPSA) is 59.4 Å². The standard InChI is InChI=1S/C16H13N5/c1-2-13(9-17-5-1)16(21-7-6-18-11-21)12-3-4-14-15(8-12)20-10-19-14/h1-11,16H,(H,19,20). The van der Waals surface area contributed by atoms with Crippen molar-refractivity contribution in [2.24, 2.45) is 0 Å². The largest absolute Gasteiger partial charge is 0.345 e. The molecule has 4 aromatic rings. The third-order valence-electron chi connectivity index (χ3n) is 3.58. The highest BCUT2D eigenvalue weighted by Crippen LogP contribution is 2.27. The number of rotatable bonds is 3. The smallest absolute Gasteiger partial charge is 0.0954 e. The van der Waals surface area contributed by atoms with Crippen LogP contribution in [0.4, 0.5) is 0 Å². The molecule has 0 saturated carbocycles. The number of aromatic nitrogens is 5. The van der Waals surface area contributed by atoms with Gasteiger partial charge in [-0.2, -0.15) is 0 Å². The molecule has 0 amide bonds. The van der Waals surface area contributed by atoms with E-state index in [1.165, 1.54) is 0 Å². The molecule has 0 aliphatic heterocycles. The van der Waals surface area contributed by atoms with Gasteiger partial charge in [-0.05, 0) is 29.3 Å². The molecule has 0 aliphatic rings. The van der Waals surface area contributed by atoms with Gasteiger partial charge in [0.05, 0.1) is 29.7 Å². The zero-order valence-electron chi connectivity index (χ0n) is 11.2. The van der Waals surface area contributed by atoms with Gasteiger partial charge in [0, 0.05) is 24.8 Å². The van der Waals surface area contributed by atoms with Crippen molar-refractivity contribution in [3.8, 4) is 0 Å². The maximum atomic E-state index is 4.27. The molecule has 102 valence electrons. The fourth-order valence-corrected chi connectivity index (χ4v) is 2.62. The maximum Gasteiger partial charge on any atom is 0.0954 e. The third-order valence-corrected chi connectivity index (χ3v) is 3.58. The third kappa shape index (κ3) is 2.08. The predicted octanol–water partition coefficient (Wildman–Crippen LogP) is 2.79. The van der Waals surface area contributed by atoms with Gasteiger partial charge in [-0.15, -0.1) is 0 Å². The predicted molar refractivity (Wildman–Crippen MR) is 79.8 cm³/mol. The van der Waals surface area contributed by atoms with Gasteiger partial charge in [-0.25, -0.2) is 9.97 Å². The van der Waals surface area contributed by atoms with Crippen LogP contribution in [0.15, 0.2) is 67.8 Å². The Bertz CT molecular complexity index is 849. The van der Waals surface area contributed by atoms with E-state index in [1.54, 1.807) is 18.7 Å². The summed E-state index contributed by atoms with van der Waals surface area (Å²) in [5.41, 5.74) is 4.28. The number of pyridine rings is 1. The van der Waals surface area contributed by atoms with E-state index in [1.807, 2.05) is 30.9 Å². The molecule has 0 fully saturated rings. The lowest BCUT2D eigenvalue weighted by Gasteiger charge is -2.19. The lowest BCUT2D eigenvalue weighted by molar-refractivity contribution is 0.674. The molecule has 1 aromatic carbocycles. The first kappa shape index (κ1) is 11.8. The summed E-state index contributed by atoms with van der Waals surface area (Å²) in [5.74, 6) is 0. The van der Waals surface area contributed by atoms with Crippen molar-refractivity contribution in [3.05, 3.63) is 78.9 Å². The molecule has 1 atom stereocenters. The molecular weight excluding hydrogens is 262 g/mol.